The largest absolute Gasteiger partial charge is 0.389 e. The van der Waals surface area contributed by atoms with E-state index in [0.29, 0.717) is 12.5 Å². The first-order chi connectivity index (χ1) is 10.0. The Balaban J connectivity index is 1.68. The lowest BCUT2D eigenvalue weighted by Gasteiger charge is -2.37. The molecule has 1 aromatic heterocycles. The van der Waals surface area contributed by atoms with Gasteiger partial charge in [-0.1, -0.05) is 12.1 Å². The van der Waals surface area contributed by atoms with Gasteiger partial charge in [-0.05, 0) is 26.0 Å². The molecule has 0 saturated carbocycles. The van der Waals surface area contributed by atoms with E-state index in [2.05, 4.69) is 25.0 Å². The number of nitrogens with zero attached hydrogens (tertiary/aromatic N) is 5. The number of benzene rings is 1. The molecule has 0 bridgehead atoms. The molecular formula is C15H21N5O. The van der Waals surface area contributed by atoms with Gasteiger partial charge in [-0.2, -0.15) is 0 Å². The van der Waals surface area contributed by atoms with E-state index in [1.807, 2.05) is 38.1 Å². The molecule has 1 saturated heterocycles. The van der Waals surface area contributed by atoms with Crippen LogP contribution in [0.2, 0.25) is 0 Å². The normalized spacial score (nSPS) is 17.4. The molecule has 0 radical (unpaired) electrons. The molecule has 1 aliphatic heterocycles. The molecule has 2 aromatic rings. The summed E-state index contributed by atoms with van der Waals surface area (Å²) in [6, 6.07) is 7.77. The van der Waals surface area contributed by atoms with Gasteiger partial charge >= 0.3 is 0 Å². The minimum atomic E-state index is -0.650. The molecule has 0 unspecified atom stereocenters. The van der Waals surface area contributed by atoms with Crippen molar-refractivity contribution in [3.8, 4) is 0 Å². The highest BCUT2D eigenvalue weighted by atomic mass is 16.3. The molecule has 6 heteroatoms. The van der Waals surface area contributed by atoms with Crippen molar-refractivity contribution in [2.24, 2.45) is 0 Å². The van der Waals surface area contributed by atoms with Gasteiger partial charge in [0.1, 0.15) is 5.52 Å². The molecule has 112 valence electrons. The second kappa shape index (κ2) is 5.54. The van der Waals surface area contributed by atoms with Gasteiger partial charge in [0.2, 0.25) is 5.95 Å². The van der Waals surface area contributed by atoms with Crippen LogP contribution in [0.25, 0.3) is 11.0 Å². The summed E-state index contributed by atoms with van der Waals surface area (Å²) in [4.78, 5) is 9.00. The van der Waals surface area contributed by atoms with Gasteiger partial charge in [0.15, 0.2) is 0 Å². The molecule has 6 nitrogen and oxygen atoms in total. The third kappa shape index (κ3) is 3.46. The van der Waals surface area contributed by atoms with Crippen molar-refractivity contribution in [2.75, 3.05) is 37.6 Å². The van der Waals surface area contributed by atoms with Gasteiger partial charge in [0.25, 0.3) is 0 Å². The summed E-state index contributed by atoms with van der Waals surface area (Å²) in [5.41, 5.74) is 1.05. The number of hydrogen-bond acceptors (Lipinski definition) is 6. The molecule has 0 amide bonds. The maximum atomic E-state index is 9.88. The fourth-order valence-electron chi connectivity index (χ4n) is 2.66. The molecular weight excluding hydrogens is 266 g/mol. The van der Waals surface area contributed by atoms with Crippen LogP contribution in [-0.4, -0.2) is 63.5 Å². The highest BCUT2D eigenvalue weighted by Gasteiger charge is 2.24. The quantitative estimate of drug-likeness (QED) is 0.905. The van der Waals surface area contributed by atoms with Crippen LogP contribution in [-0.2, 0) is 0 Å². The predicted octanol–water partition coefficient (Wildman–Crippen LogP) is 0.918. The van der Waals surface area contributed by atoms with Crippen molar-refractivity contribution in [1.82, 2.24) is 20.1 Å². The molecule has 2 heterocycles. The molecule has 1 aliphatic rings. The summed E-state index contributed by atoms with van der Waals surface area (Å²) in [7, 11) is 0. The lowest BCUT2D eigenvalue weighted by atomic mass is 10.1. The van der Waals surface area contributed by atoms with Crippen molar-refractivity contribution in [1.29, 1.82) is 0 Å². The molecule has 0 spiro atoms. The van der Waals surface area contributed by atoms with Gasteiger partial charge in [-0.25, -0.2) is 4.98 Å². The maximum absolute atomic E-state index is 9.88. The van der Waals surface area contributed by atoms with Crippen LogP contribution in [0.3, 0.4) is 0 Å². The molecule has 1 N–H and O–H groups in total. The molecule has 0 aliphatic carbocycles. The number of aliphatic hydroxyl groups is 1. The van der Waals surface area contributed by atoms with Gasteiger partial charge in [-0.3, -0.25) is 4.90 Å². The lowest BCUT2D eigenvalue weighted by molar-refractivity contribution is 0.0344. The topological polar surface area (TPSA) is 65.4 Å². The van der Waals surface area contributed by atoms with Crippen LogP contribution >= 0.6 is 0 Å². The van der Waals surface area contributed by atoms with Crippen LogP contribution in [0.4, 0.5) is 5.95 Å². The minimum Gasteiger partial charge on any atom is -0.389 e. The van der Waals surface area contributed by atoms with Crippen molar-refractivity contribution < 1.29 is 5.11 Å². The van der Waals surface area contributed by atoms with Gasteiger partial charge < -0.3 is 10.0 Å². The Bertz CT molecular complexity index is 617. The Labute approximate surface area is 124 Å². The first kappa shape index (κ1) is 14.2. The van der Waals surface area contributed by atoms with E-state index in [-0.39, 0.29) is 0 Å². The molecule has 0 atom stereocenters. The van der Waals surface area contributed by atoms with Crippen molar-refractivity contribution in [3.63, 3.8) is 0 Å². The highest BCUT2D eigenvalue weighted by molar-refractivity contribution is 5.74. The number of hydrogen-bond donors (Lipinski definition) is 1. The van der Waals surface area contributed by atoms with E-state index in [1.54, 1.807) is 0 Å². The van der Waals surface area contributed by atoms with E-state index < -0.39 is 5.60 Å². The fraction of sp³-hybridized carbons (Fsp3) is 0.533. The average molecular weight is 287 g/mol. The molecule has 1 aromatic carbocycles. The predicted molar refractivity (Wildman–Crippen MR) is 82.3 cm³/mol. The fourth-order valence-corrected chi connectivity index (χ4v) is 2.66. The van der Waals surface area contributed by atoms with Crippen LogP contribution in [0, 0.1) is 0 Å². The monoisotopic (exact) mass is 287 g/mol. The number of fused-ring (bicyclic) bond motifs is 1. The zero-order valence-corrected chi connectivity index (χ0v) is 12.5. The zero-order valence-electron chi connectivity index (χ0n) is 12.5. The van der Waals surface area contributed by atoms with Crippen molar-refractivity contribution in [2.45, 2.75) is 19.4 Å². The molecule has 3 rings (SSSR count). The number of piperazine rings is 1. The summed E-state index contributed by atoms with van der Waals surface area (Å²) < 4.78 is 0. The summed E-state index contributed by atoms with van der Waals surface area (Å²) in [6.45, 7) is 7.90. The van der Waals surface area contributed by atoms with Crippen molar-refractivity contribution in [3.05, 3.63) is 24.3 Å². The summed E-state index contributed by atoms with van der Waals surface area (Å²) in [6.07, 6.45) is 0. The Morgan fingerprint density at radius 1 is 1.05 bits per heavy atom. The van der Waals surface area contributed by atoms with Crippen LogP contribution in [0.5, 0.6) is 0 Å². The molecule has 1 fully saturated rings. The third-order valence-corrected chi connectivity index (χ3v) is 3.62. The third-order valence-electron chi connectivity index (χ3n) is 3.62. The Kier molecular flexibility index (Phi) is 3.73. The zero-order chi connectivity index (χ0) is 14.9. The summed E-state index contributed by atoms with van der Waals surface area (Å²) >= 11 is 0. The maximum Gasteiger partial charge on any atom is 0.246 e. The summed E-state index contributed by atoms with van der Waals surface area (Å²) in [5.74, 6) is 0.691. The van der Waals surface area contributed by atoms with E-state index in [1.165, 1.54) is 0 Å². The number of rotatable bonds is 3. The van der Waals surface area contributed by atoms with Gasteiger partial charge in [-0.15, -0.1) is 10.2 Å². The second-order valence-electron chi connectivity index (χ2n) is 6.18. The first-order valence-electron chi connectivity index (χ1n) is 7.30. The van der Waals surface area contributed by atoms with E-state index in [4.69, 9.17) is 0 Å². The standard InChI is InChI=1S/C15H21N5O/c1-15(2,21)11-19-7-9-20(10-8-19)14-16-12-5-3-4-6-13(12)17-18-14/h3-6,21H,7-11H2,1-2H3. The van der Waals surface area contributed by atoms with Crippen molar-refractivity contribution >= 4 is 17.0 Å². The molecule has 21 heavy (non-hydrogen) atoms. The second-order valence-corrected chi connectivity index (χ2v) is 6.18. The number of para-hydroxylation sites is 1. The minimum absolute atomic E-state index is 0.650. The van der Waals surface area contributed by atoms with Gasteiger partial charge in [0.05, 0.1) is 11.1 Å². The Morgan fingerprint density at radius 2 is 1.71 bits per heavy atom. The van der Waals surface area contributed by atoms with Gasteiger partial charge in [0, 0.05) is 32.7 Å². The SMILES string of the molecule is CC(C)(O)CN1CCN(c2nnc3ccccc3n2)CC1. The number of β-amino-alcohol motifs (C(OH)–C–C–N with tert-alkyl or cyclic N) is 1. The first-order valence-corrected chi connectivity index (χ1v) is 7.30. The van der Waals surface area contributed by atoms with E-state index >= 15 is 0 Å². The highest BCUT2D eigenvalue weighted by Crippen LogP contribution is 2.15. The smallest absolute Gasteiger partial charge is 0.246 e. The number of anilines is 1. The van der Waals surface area contributed by atoms with Crippen LogP contribution in [0.1, 0.15) is 13.8 Å². The summed E-state index contributed by atoms with van der Waals surface area (Å²) in [5, 5.41) is 18.3. The number of aromatic nitrogens is 3. The van der Waals surface area contributed by atoms with Crippen LogP contribution in [0.15, 0.2) is 24.3 Å². The lowest BCUT2D eigenvalue weighted by Crippen LogP contribution is -2.51. The van der Waals surface area contributed by atoms with Crippen LogP contribution < -0.4 is 4.90 Å². The Morgan fingerprint density at radius 3 is 2.38 bits per heavy atom. The van der Waals surface area contributed by atoms with E-state index in [0.717, 1.165) is 37.2 Å². The van der Waals surface area contributed by atoms with E-state index in [9.17, 15) is 5.11 Å². The Hall–Kier alpha value is -1.79. The average Bonchev–Trinajstić information content (AvgIpc) is 2.46.